The SMILES string of the molecule is Nc1oncc1-c1cc(O)ccc1Cl. The van der Waals surface area contributed by atoms with Gasteiger partial charge in [-0.15, -0.1) is 0 Å². The molecule has 4 nitrogen and oxygen atoms in total. The second-order valence-corrected chi connectivity index (χ2v) is 3.18. The fourth-order valence-corrected chi connectivity index (χ4v) is 1.39. The maximum atomic E-state index is 9.28. The van der Waals surface area contributed by atoms with Crippen LogP contribution in [0, 0.1) is 0 Å². The van der Waals surface area contributed by atoms with Crippen molar-refractivity contribution in [2.45, 2.75) is 0 Å². The monoisotopic (exact) mass is 210 g/mol. The van der Waals surface area contributed by atoms with Crippen molar-refractivity contribution in [1.29, 1.82) is 0 Å². The minimum Gasteiger partial charge on any atom is -0.508 e. The molecule has 0 bridgehead atoms. The molecule has 0 aliphatic rings. The predicted molar refractivity (Wildman–Crippen MR) is 53.0 cm³/mol. The van der Waals surface area contributed by atoms with Crippen molar-refractivity contribution in [3.63, 3.8) is 0 Å². The number of hydrogen-bond acceptors (Lipinski definition) is 4. The Kier molecular flexibility index (Phi) is 2.05. The van der Waals surface area contributed by atoms with Gasteiger partial charge in [0.05, 0.1) is 11.8 Å². The molecule has 0 saturated carbocycles. The van der Waals surface area contributed by atoms with E-state index in [1.54, 1.807) is 6.07 Å². The summed E-state index contributed by atoms with van der Waals surface area (Å²) in [5.74, 6) is 0.294. The molecule has 0 aliphatic heterocycles. The molecule has 1 aromatic heterocycles. The van der Waals surface area contributed by atoms with E-state index in [2.05, 4.69) is 5.16 Å². The van der Waals surface area contributed by atoms with Crippen LogP contribution < -0.4 is 5.73 Å². The number of nitrogens with zero attached hydrogens (tertiary/aromatic N) is 1. The maximum absolute atomic E-state index is 9.28. The second kappa shape index (κ2) is 3.23. The van der Waals surface area contributed by atoms with Gasteiger partial charge in [0.15, 0.2) is 0 Å². The van der Waals surface area contributed by atoms with Gasteiger partial charge in [-0.1, -0.05) is 16.8 Å². The van der Waals surface area contributed by atoms with E-state index in [4.69, 9.17) is 21.9 Å². The highest BCUT2D eigenvalue weighted by Crippen LogP contribution is 2.33. The Labute approximate surface area is 84.9 Å². The number of aromatic hydroxyl groups is 1. The zero-order valence-electron chi connectivity index (χ0n) is 7.07. The van der Waals surface area contributed by atoms with Gasteiger partial charge < -0.3 is 15.4 Å². The molecule has 0 radical (unpaired) electrons. The van der Waals surface area contributed by atoms with Crippen molar-refractivity contribution < 1.29 is 9.63 Å². The molecule has 72 valence electrons. The molecule has 3 N–H and O–H groups in total. The molecule has 0 unspecified atom stereocenters. The molecule has 0 spiro atoms. The van der Waals surface area contributed by atoms with Crippen LogP contribution in [0.4, 0.5) is 5.88 Å². The van der Waals surface area contributed by atoms with Gasteiger partial charge in [0.1, 0.15) is 5.75 Å². The first-order chi connectivity index (χ1) is 6.68. The van der Waals surface area contributed by atoms with Crippen molar-refractivity contribution >= 4 is 17.5 Å². The third-order valence-corrected chi connectivity index (χ3v) is 2.17. The van der Waals surface area contributed by atoms with Crippen LogP contribution in [0.2, 0.25) is 5.02 Å². The van der Waals surface area contributed by atoms with Gasteiger partial charge in [-0.3, -0.25) is 0 Å². The Morgan fingerprint density at radius 2 is 2.14 bits per heavy atom. The molecule has 5 heteroatoms. The van der Waals surface area contributed by atoms with Crippen molar-refractivity contribution in [3.8, 4) is 16.9 Å². The Bertz CT molecular complexity index is 468. The number of phenols is 1. The van der Waals surface area contributed by atoms with Gasteiger partial charge in [0, 0.05) is 10.6 Å². The third kappa shape index (κ3) is 1.40. The molecule has 2 aromatic rings. The van der Waals surface area contributed by atoms with Gasteiger partial charge in [-0.2, -0.15) is 0 Å². The summed E-state index contributed by atoms with van der Waals surface area (Å²) in [6.07, 6.45) is 1.45. The number of hydrogen-bond donors (Lipinski definition) is 2. The van der Waals surface area contributed by atoms with Crippen molar-refractivity contribution in [1.82, 2.24) is 5.16 Å². The standard InChI is InChI=1S/C9H7ClN2O2/c10-8-2-1-5(13)3-6(8)7-4-12-14-9(7)11/h1-4,13H,11H2. The van der Waals surface area contributed by atoms with E-state index in [9.17, 15) is 5.11 Å². The van der Waals surface area contributed by atoms with E-state index >= 15 is 0 Å². The van der Waals surface area contributed by atoms with Crippen LogP contribution in [-0.2, 0) is 0 Å². The van der Waals surface area contributed by atoms with E-state index < -0.39 is 0 Å². The van der Waals surface area contributed by atoms with E-state index in [-0.39, 0.29) is 11.6 Å². The number of nitrogens with two attached hydrogens (primary N) is 1. The molecule has 1 aromatic carbocycles. The van der Waals surface area contributed by atoms with E-state index in [1.165, 1.54) is 18.3 Å². The lowest BCUT2D eigenvalue weighted by Crippen LogP contribution is -1.85. The summed E-state index contributed by atoms with van der Waals surface area (Å²) in [6, 6.07) is 4.58. The first-order valence-corrected chi connectivity index (χ1v) is 4.25. The van der Waals surface area contributed by atoms with Crippen LogP contribution in [0.25, 0.3) is 11.1 Å². The molecule has 0 atom stereocenters. The van der Waals surface area contributed by atoms with E-state index in [0.29, 0.717) is 16.1 Å². The van der Waals surface area contributed by atoms with Gasteiger partial charge in [-0.05, 0) is 18.2 Å². The Balaban J connectivity index is 2.62. The minimum absolute atomic E-state index is 0.116. The topological polar surface area (TPSA) is 72.3 Å². The number of aromatic nitrogens is 1. The quantitative estimate of drug-likeness (QED) is 0.758. The first-order valence-electron chi connectivity index (χ1n) is 3.87. The van der Waals surface area contributed by atoms with Crippen LogP contribution in [0.15, 0.2) is 28.9 Å². The highest BCUT2D eigenvalue weighted by molar-refractivity contribution is 6.33. The number of nitrogen functional groups attached to an aromatic ring is 1. The smallest absolute Gasteiger partial charge is 0.230 e. The fourth-order valence-electron chi connectivity index (χ4n) is 1.17. The lowest BCUT2D eigenvalue weighted by atomic mass is 10.1. The largest absolute Gasteiger partial charge is 0.508 e. The molecule has 0 saturated heterocycles. The summed E-state index contributed by atoms with van der Waals surface area (Å²) in [7, 11) is 0. The van der Waals surface area contributed by atoms with Crippen LogP contribution >= 0.6 is 11.6 Å². The molecule has 0 amide bonds. The molecular formula is C9H7ClN2O2. The Morgan fingerprint density at radius 3 is 2.79 bits per heavy atom. The number of anilines is 1. The molecule has 0 aliphatic carbocycles. The van der Waals surface area contributed by atoms with Gasteiger partial charge in [0.25, 0.3) is 0 Å². The van der Waals surface area contributed by atoms with Crippen molar-refractivity contribution in [3.05, 3.63) is 29.4 Å². The molecule has 1 heterocycles. The lowest BCUT2D eigenvalue weighted by Gasteiger charge is -2.01. The number of benzene rings is 1. The predicted octanol–water partition coefficient (Wildman–Crippen LogP) is 2.28. The second-order valence-electron chi connectivity index (χ2n) is 2.77. The Morgan fingerprint density at radius 1 is 1.36 bits per heavy atom. The average molecular weight is 211 g/mol. The molecule has 14 heavy (non-hydrogen) atoms. The van der Waals surface area contributed by atoms with Gasteiger partial charge in [-0.25, -0.2) is 0 Å². The third-order valence-electron chi connectivity index (χ3n) is 1.84. The van der Waals surface area contributed by atoms with Crippen LogP contribution in [0.5, 0.6) is 5.75 Å². The molecule has 0 fully saturated rings. The summed E-state index contributed by atoms with van der Waals surface area (Å²) in [4.78, 5) is 0. The highest BCUT2D eigenvalue weighted by atomic mass is 35.5. The maximum Gasteiger partial charge on any atom is 0.230 e. The highest BCUT2D eigenvalue weighted by Gasteiger charge is 2.11. The van der Waals surface area contributed by atoms with Crippen LogP contribution in [-0.4, -0.2) is 10.3 Å². The summed E-state index contributed by atoms with van der Waals surface area (Å²) in [6.45, 7) is 0. The molecular weight excluding hydrogens is 204 g/mol. The fraction of sp³-hybridized carbons (Fsp3) is 0. The van der Waals surface area contributed by atoms with E-state index in [1.807, 2.05) is 0 Å². The number of phenolic OH excluding ortho intramolecular Hbond substituents is 1. The van der Waals surface area contributed by atoms with Crippen molar-refractivity contribution in [2.75, 3.05) is 5.73 Å². The summed E-state index contributed by atoms with van der Waals surface area (Å²) < 4.78 is 4.70. The lowest BCUT2D eigenvalue weighted by molar-refractivity contribution is 0.436. The van der Waals surface area contributed by atoms with Crippen LogP contribution in [0.1, 0.15) is 0 Å². The summed E-state index contributed by atoms with van der Waals surface area (Å²) in [5.41, 5.74) is 6.70. The first kappa shape index (κ1) is 8.90. The Hall–Kier alpha value is -1.68. The van der Waals surface area contributed by atoms with Crippen LogP contribution in [0.3, 0.4) is 0 Å². The zero-order chi connectivity index (χ0) is 10.1. The van der Waals surface area contributed by atoms with Gasteiger partial charge in [0.2, 0.25) is 5.88 Å². The van der Waals surface area contributed by atoms with Crippen molar-refractivity contribution in [2.24, 2.45) is 0 Å². The minimum atomic E-state index is 0.116. The normalized spacial score (nSPS) is 10.4. The van der Waals surface area contributed by atoms with E-state index in [0.717, 1.165) is 0 Å². The number of halogens is 1. The molecule has 2 rings (SSSR count). The zero-order valence-corrected chi connectivity index (χ0v) is 7.82. The average Bonchev–Trinajstić information content (AvgIpc) is 2.56. The van der Waals surface area contributed by atoms with Gasteiger partial charge >= 0.3 is 0 Å². The number of rotatable bonds is 1. The summed E-state index contributed by atoms with van der Waals surface area (Å²) in [5, 5.41) is 13.3. The summed E-state index contributed by atoms with van der Waals surface area (Å²) >= 11 is 5.92.